The van der Waals surface area contributed by atoms with E-state index in [-0.39, 0.29) is 11.1 Å². The van der Waals surface area contributed by atoms with Gasteiger partial charge in [0.25, 0.3) is 0 Å². The first-order valence-electron chi connectivity index (χ1n) is 6.28. The van der Waals surface area contributed by atoms with Gasteiger partial charge in [-0.2, -0.15) is 0 Å². The predicted octanol–water partition coefficient (Wildman–Crippen LogP) is 3.46. The normalized spacial score (nSPS) is 12.7. The van der Waals surface area contributed by atoms with E-state index in [4.69, 9.17) is 11.6 Å². The number of nitrogens with one attached hydrogen (secondary N) is 1. The van der Waals surface area contributed by atoms with Crippen LogP contribution in [-0.4, -0.2) is 21.5 Å². The first-order valence-corrected chi connectivity index (χ1v) is 7.45. The highest BCUT2D eigenvalue weighted by Crippen LogP contribution is 2.29. The Morgan fingerprint density at radius 2 is 2.25 bits per heavy atom. The molecule has 2 rings (SSSR count). The maximum atomic E-state index is 13.3. The largest absolute Gasteiger partial charge is 0.305 e. The van der Waals surface area contributed by atoms with Crippen LogP contribution < -0.4 is 5.32 Å². The minimum absolute atomic E-state index is 0.108. The molecular weight excluding hydrogens is 347 g/mol. The molecule has 1 atom stereocenters. The molecule has 108 valence electrons. The molecule has 1 aromatic carbocycles. The van der Waals surface area contributed by atoms with Crippen molar-refractivity contribution >= 4 is 27.5 Å². The Morgan fingerprint density at radius 3 is 2.80 bits per heavy atom. The summed E-state index contributed by atoms with van der Waals surface area (Å²) in [7, 11) is 1.82. The van der Waals surface area contributed by atoms with Gasteiger partial charge >= 0.3 is 0 Å². The first-order chi connectivity index (χ1) is 9.54. The highest BCUT2D eigenvalue weighted by Gasteiger charge is 2.22. The minimum Gasteiger partial charge on any atom is -0.305 e. The Labute approximate surface area is 130 Å². The number of nitrogens with zero attached hydrogens (tertiary/aromatic N) is 3. The maximum Gasteiger partial charge on any atom is 0.153 e. The molecule has 0 radical (unpaired) electrons. The third kappa shape index (κ3) is 3.19. The van der Waals surface area contributed by atoms with Crippen molar-refractivity contribution in [2.24, 2.45) is 7.05 Å². The van der Waals surface area contributed by atoms with Gasteiger partial charge < -0.3 is 5.32 Å². The van der Waals surface area contributed by atoms with Gasteiger partial charge in [0.15, 0.2) is 4.60 Å². The molecular formula is C13H15BrClFN4. The van der Waals surface area contributed by atoms with Crippen LogP contribution in [0.25, 0.3) is 0 Å². The molecule has 0 saturated heterocycles. The fourth-order valence-corrected chi connectivity index (χ4v) is 2.74. The van der Waals surface area contributed by atoms with E-state index in [9.17, 15) is 4.39 Å². The molecule has 0 aliphatic heterocycles. The summed E-state index contributed by atoms with van der Waals surface area (Å²) in [5.41, 5.74) is 1.75. The smallest absolute Gasteiger partial charge is 0.153 e. The van der Waals surface area contributed by atoms with Crippen LogP contribution in [-0.2, 0) is 7.05 Å². The fraction of sp³-hybridized carbons (Fsp3) is 0.385. The van der Waals surface area contributed by atoms with Gasteiger partial charge in [0.1, 0.15) is 5.82 Å². The zero-order valence-electron chi connectivity index (χ0n) is 11.2. The van der Waals surface area contributed by atoms with Crippen LogP contribution in [0.2, 0.25) is 5.02 Å². The van der Waals surface area contributed by atoms with Crippen molar-refractivity contribution in [3.63, 3.8) is 0 Å². The molecule has 1 heterocycles. The van der Waals surface area contributed by atoms with Crippen LogP contribution in [0.15, 0.2) is 22.8 Å². The minimum atomic E-state index is -0.424. The van der Waals surface area contributed by atoms with E-state index >= 15 is 0 Å². The Kier molecular flexibility index (Phi) is 5.12. The van der Waals surface area contributed by atoms with Crippen LogP contribution in [0.5, 0.6) is 0 Å². The molecule has 0 aliphatic rings. The van der Waals surface area contributed by atoms with E-state index < -0.39 is 5.82 Å². The van der Waals surface area contributed by atoms with E-state index in [1.807, 2.05) is 7.05 Å². The standard InChI is InChI=1S/C13H15BrClFN4/c1-3-6-17-11(12-13(14)18-19-20(12)2)8-4-5-10(16)9(15)7-8/h4-5,7,11,17H,3,6H2,1-2H3. The summed E-state index contributed by atoms with van der Waals surface area (Å²) in [5.74, 6) is -0.424. The van der Waals surface area contributed by atoms with E-state index in [1.54, 1.807) is 16.8 Å². The molecule has 1 aromatic heterocycles. The van der Waals surface area contributed by atoms with Crippen LogP contribution in [0, 0.1) is 5.82 Å². The quantitative estimate of drug-likeness (QED) is 0.887. The molecule has 0 aliphatic carbocycles. The molecule has 0 spiro atoms. The second-order valence-electron chi connectivity index (χ2n) is 4.45. The second kappa shape index (κ2) is 6.65. The van der Waals surface area contributed by atoms with Gasteiger partial charge in [0.2, 0.25) is 0 Å². The number of aryl methyl sites for hydroxylation is 1. The van der Waals surface area contributed by atoms with Crippen molar-refractivity contribution in [3.8, 4) is 0 Å². The Bertz CT molecular complexity index is 583. The zero-order valence-corrected chi connectivity index (χ0v) is 13.5. The van der Waals surface area contributed by atoms with Crippen LogP contribution in [0.3, 0.4) is 0 Å². The predicted molar refractivity (Wildman–Crippen MR) is 80.2 cm³/mol. The lowest BCUT2D eigenvalue weighted by Gasteiger charge is -2.19. The van der Waals surface area contributed by atoms with Crippen LogP contribution in [0.4, 0.5) is 4.39 Å². The molecule has 4 nitrogen and oxygen atoms in total. The topological polar surface area (TPSA) is 42.7 Å². The maximum absolute atomic E-state index is 13.3. The van der Waals surface area contributed by atoms with E-state index in [2.05, 4.69) is 38.5 Å². The number of rotatable bonds is 5. The highest BCUT2D eigenvalue weighted by molar-refractivity contribution is 9.10. The van der Waals surface area contributed by atoms with E-state index in [1.165, 1.54) is 6.07 Å². The van der Waals surface area contributed by atoms with Crippen molar-refractivity contribution in [2.75, 3.05) is 6.54 Å². The lowest BCUT2D eigenvalue weighted by Crippen LogP contribution is -2.25. The van der Waals surface area contributed by atoms with Crippen molar-refractivity contribution in [2.45, 2.75) is 19.4 Å². The Hall–Kier alpha value is -0.980. The van der Waals surface area contributed by atoms with Gasteiger partial charge in [0, 0.05) is 7.05 Å². The Balaban J connectivity index is 2.44. The van der Waals surface area contributed by atoms with Crippen molar-refractivity contribution in [3.05, 3.63) is 44.9 Å². The molecule has 1 N–H and O–H groups in total. The second-order valence-corrected chi connectivity index (χ2v) is 5.61. The number of hydrogen-bond donors (Lipinski definition) is 1. The number of aromatic nitrogens is 3. The molecule has 20 heavy (non-hydrogen) atoms. The zero-order chi connectivity index (χ0) is 14.7. The summed E-state index contributed by atoms with van der Waals surface area (Å²) in [6.07, 6.45) is 0.980. The summed E-state index contributed by atoms with van der Waals surface area (Å²) in [5, 5.41) is 11.5. The van der Waals surface area contributed by atoms with Gasteiger partial charge in [-0.05, 0) is 46.6 Å². The molecule has 0 bridgehead atoms. The van der Waals surface area contributed by atoms with Gasteiger partial charge in [-0.15, -0.1) is 5.10 Å². The molecule has 2 aromatic rings. The molecule has 0 fully saturated rings. The number of benzene rings is 1. The highest BCUT2D eigenvalue weighted by atomic mass is 79.9. The lowest BCUT2D eigenvalue weighted by atomic mass is 10.0. The van der Waals surface area contributed by atoms with E-state index in [0.29, 0.717) is 4.60 Å². The summed E-state index contributed by atoms with van der Waals surface area (Å²) >= 11 is 9.28. The fourth-order valence-electron chi connectivity index (χ4n) is 2.00. The van der Waals surface area contributed by atoms with E-state index in [0.717, 1.165) is 24.2 Å². The molecule has 0 saturated carbocycles. The first kappa shape index (κ1) is 15.4. The van der Waals surface area contributed by atoms with Crippen molar-refractivity contribution in [1.82, 2.24) is 20.3 Å². The number of halogens is 3. The SMILES string of the molecule is CCCNC(c1ccc(F)c(Cl)c1)c1c(Br)nnn1C. The van der Waals surface area contributed by atoms with Crippen LogP contribution >= 0.6 is 27.5 Å². The average molecular weight is 362 g/mol. The summed E-state index contributed by atoms with van der Waals surface area (Å²) in [6, 6.07) is 4.57. The molecule has 0 amide bonds. The molecule has 7 heteroatoms. The van der Waals surface area contributed by atoms with Gasteiger partial charge in [-0.1, -0.05) is 29.8 Å². The monoisotopic (exact) mass is 360 g/mol. The third-order valence-corrected chi connectivity index (χ3v) is 3.83. The third-order valence-electron chi connectivity index (χ3n) is 2.98. The van der Waals surface area contributed by atoms with Crippen molar-refractivity contribution < 1.29 is 4.39 Å². The number of hydrogen-bond acceptors (Lipinski definition) is 3. The van der Waals surface area contributed by atoms with Gasteiger partial charge in [0.05, 0.1) is 16.8 Å². The van der Waals surface area contributed by atoms with Gasteiger partial charge in [-0.25, -0.2) is 9.07 Å². The average Bonchev–Trinajstić information content (AvgIpc) is 2.75. The summed E-state index contributed by atoms with van der Waals surface area (Å²) in [4.78, 5) is 0. The molecule has 1 unspecified atom stereocenters. The summed E-state index contributed by atoms with van der Waals surface area (Å²) in [6.45, 7) is 2.90. The van der Waals surface area contributed by atoms with Crippen LogP contribution in [0.1, 0.15) is 30.6 Å². The van der Waals surface area contributed by atoms with Crippen molar-refractivity contribution in [1.29, 1.82) is 0 Å². The Morgan fingerprint density at radius 1 is 1.50 bits per heavy atom. The lowest BCUT2D eigenvalue weighted by molar-refractivity contribution is 0.548. The summed E-state index contributed by atoms with van der Waals surface area (Å²) < 4.78 is 15.7. The van der Waals surface area contributed by atoms with Gasteiger partial charge in [-0.3, -0.25) is 0 Å².